The fourth-order valence-electron chi connectivity index (χ4n) is 3.58. The number of rotatable bonds is 2. The van der Waals surface area contributed by atoms with Crippen LogP contribution in [-0.4, -0.2) is 16.2 Å². The number of nitrogens with zero attached hydrogens (tertiary/aromatic N) is 2. The number of aromatic nitrogens is 2. The van der Waals surface area contributed by atoms with Crippen LogP contribution in [0.3, 0.4) is 0 Å². The first kappa shape index (κ1) is 13.6. The van der Waals surface area contributed by atoms with Gasteiger partial charge in [0.25, 0.3) is 0 Å². The normalized spacial score (nSPS) is 16.2. The van der Waals surface area contributed by atoms with Crippen molar-refractivity contribution in [3.8, 4) is 11.4 Å². The highest BCUT2D eigenvalue weighted by Crippen LogP contribution is 2.41. The van der Waals surface area contributed by atoms with E-state index in [2.05, 4.69) is 17.1 Å². The molecule has 3 aromatic rings. The summed E-state index contributed by atoms with van der Waals surface area (Å²) in [6, 6.07) is 12.0. The first-order chi connectivity index (χ1) is 11.7. The van der Waals surface area contributed by atoms with Crippen molar-refractivity contribution in [2.24, 2.45) is 0 Å². The van der Waals surface area contributed by atoms with Crippen molar-refractivity contribution in [2.75, 3.05) is 12.3 Å². The number of hydrogen-bond donors (Lipinski definition) is 1. The maximum Gasteiger partial charge on any atom is 0.354 e. The van der Waals surface area contributed by atoms with Gasteiger partial charge in [-0.1, -0.05) is 12.1 Å². The Morgan fingerprint density at radius 1 is 1.21 bits per heavy atom. The average Bonchev–Trinajstić information content (AvgIpc) is 3.32. The maximum atomic E-state index is 12.7. The van der Waals surface area contributed by atoms with E-state index in [1.807, 2.05) is 24.3 Å². The molecular weight excluding hydrogens is 302 g/mol. The molecular formula is C19H17N3O2. The zero-order valence-electron chi connectivity index (χ0n) is 13.2. The predicted octanol–water partition coefficient (Wildman–Crippen LogP) is 2.78. The Hall–Kier alpha value is -2.82. The van der Waals surface area contributed by atoms with E-state index >= 15 is 0 Å². The average molecular weight is 319 g/mol. The number of ether oxygens (including phenoxy) is 1. The summed E-state index contributed by atoms with van der Waals surface area (Å²) < 4.78 is 7.33. The van der Waals surface area contributed by atoms with Crippen LogP contribution in [0.5, 0.6) is 5.75 Å². The summed E-state index contributed by atoms with van der Waals surface area (Å²) in [6.45, 7) is 0.648. The highest BCUT2D eigenvalue weighted by Gasteiger charge is 2.25. The third kappa shape index (κ3) is 1.94. The molecule has 120 valence electrons. The second kappa shape index (κ2) is 4.84. The lowest BCUT2D eigenvalue weighted by atomic mass is 10.1. The van der Waals surface area contributed by atoms with Gasteiger partial charge < -0.3 is 10.5 Å². The van der Waals surface area contributed by atoms with Crippen molar-refractivity contribution in [2.45, 2.75) is 25.2 Å². The van der Waals surface area contributed by atoms with Crippen LogP contribution in [0, 0.1) is 0 Å². The number of nitrogen functional groups attached to an aromatic ring is 1. The molecule has 1 fully saturated rings. The first-order valence-electron chi connectivity index (χ1n) is 8.29. The summed E-state index contributed by atoms with van der Waals surface area (Å²) in [4.78, 5) is 16.7. The van der Waals surface area contributed by atoms with Gasteiger partial charge in [-0.05, 0) is 48.6 Å². The molecule has 1 saturated carbocycles. The first-order valence-corrected chi connectivity index (χ1v) is 8.29. The summed E-state index contributed by atoms with van der Waals surface area (Å²) in [5.41, 5.74) is 9.68. The van der Waals surface area contributed by atoms with Gasteiger partial charge in [0.05, 0.1) is 17.8 Å². The van der Waals surface area contributed by atoms with E-state index < -0.39 is 0 Å². The molecule has 1 aromatic heterocycles. The SMILES string of the molecule is Nc1nc(=O)n(-c2cccc3c2CCO3)c2cc(C3CC3)ccc12. The minimum absolute atomic E-state index is 0.289. The highest BCUT2D eigenvalue weighted by atomic mass is 16.5. The Bertz CT molecular complexity index is 1030. The van der Waals surface area contributed by atoms with Gasteiger partial charge in [-0.15, -0.1) is 0 Å². The summed E-state index contributed by atoms with van der Waals surface area (Å²) in [5.74, 6) is 1.75. The maximum absolute atomic E-state index is 12.7. The minimum Gasteiger partial charge on any atom is -0.493 e. The van der Waals surface area contributed by atoms with Gasteiger partial charge in [0.1, 0.15) is 11.6 Å². The van der Waals surface area contributed by atoms with Gasteiger partial charge in [0.15, 0.2) is 0 Å². The van der Waals surface area contributed by atoms with Crippen LogP contribution in [0.4, 0.5) is 5.82 Å². The van der Waals surface area contributed by atoms with Crippen LogP contribution in [-0.2, 0) is 6.42 Å². The van der Waals surface area contributed by atoms with Gasteiger partial charge in [0.2, 0.25) is 0 Å². The fourth-order valence-corrected chi connectivity index (χ4v) is 3.58. The van der Waals surface area contributed by atoms with Gasteiger partial charge in [0, 0.05) is 17.4 Å². The standard InChI is InChI=1S/C19H17N3O2/c20-18-14-7-6-12(11-4-5-11)10-16(14)22(19(23)21-18)15-2-1-3-17-13(15)8-9-24-17/h1-3,6-7,10-11H,4-5,8-9H2,(H2,20,21,23). The van der Waals surface area contributed by atoms with Crippen molar-refractivity contribution in [3.63, 3.8) is 0 Å². The van der Waals surface area contributed by atoms with Gasteiger partial charge in [-0.2, -0.15) is 4.98 Å². The molecule has 2 heterocycles. The summed E-state index contributed by atoms with van der Waals surface area (Å²) in [5, 5.41) is 0.815. The molecule has 0 radical (unpaired) electrons. The molecule has 5 nitrogen and oxygen atoms in total. The molecule has 0 atom stereocenters. The van der Waals surface area contributed by atoms with Crippen molar-refractivity contribution in [1.82, 2.24) is 9.55 Å². The second-order valence-electron chi connectivity index (χ2n) is 6.52. The van der Waals surface area contributed by atoms with Crippen molar-refractivity contribution in [1.29, 1.82) is 0 Å². The van der Waals surface area contributed by atoms with E-state index in [1.54, 1.807) is 4.57 Å². The number of benzene rings is 2. The third-order valence-electron chi connectivity index (χ3n) is 4.95. The molecule has 1 aliphatic heterocycles. The molecule has 24 heavy (non-hydrogen) atoms. The molecule has 2 aromatic carbocycles. The Morgan fingerprint density at radius 2 is 2.08 bits per heavy atom. The quantitative estimate of drug-likeness (QED) is 0.788. The molecule has 0 saturated heterocycles. The number of hydrogen-bond acceptors (Lipinski definition) is 4. The van der Waals surface area contributed by atoms with Crippen LogP contribution in [0.1, 0.15) is 29.9 Å². The summed E-state index contributed by atoms with van der Waals surface area (Å²) in [6.07, 6.45) is 3.22. The van der Waals surface area contributed by atoms with E-state index in [0.29, 0.717) is 12.5 Å². The lowest BCUT2D eigenvalue weighted by Crippen LogP contribution is -2.24. The third-order valence-corrected chi connectivity index (χ3v) is 4.95. The summed E-state index contributed by atoms with van der Waals surface area (Å²) in [7, 11) is 0. The van der Waals surface area contributed by atoms with Crippen LogP contribution >= 0.6 is 0 Å². The molecule has 0 spiro atoms. The van der Waals surface area contributed by atoms with E-state index in [4.69, 9.17) is 10.5 Å². The molecule has 5 rings (SSSR count). The molecule has 2 aliphatic rings. The predicted molar refractivity (Wildman–Crippen MR) is 92.9 cm³/mol. The lowest BCUT2D eigenvalue weighted by Gasteiger charge is -2.14. The number of fused-ring (bicyclic) bond motifs is 2. The van der Waals surface area contributed by atoms with E-state index in [1.165, 1.54) is 18.4 Å². The van der Waals surface area contributed by atoms with Crippen molar-refractivity contribution < 1.29 is 4.74 Å². The Morgan fingerprint density at radius 3 is 2.92 bits per heavy atom. The largest absolute Gasteiger partial charge is 0.493 e. The van der Waals surface area contributed by atoms with E-state index in [9.17, 15) is 4.79 Å². The zero-order chi connectivity index (χ0) is 16.3. The van der Waals surface area contributed by atoms with Crippen molar-refractivity contribution in [3.05, 3.63) is 58.0 Å². The molecule has 0 amide bonds. The van der Waals surface area contributed by atoms with Crippen LogP contribution in [0.25, 0.3) is 16.6 Å². The topological polar surface area (TPSA) is 70.1 Å². The van der Waals surface area contributed by atoms with Gasteiger partial charge >= 0.3 is 5.69 Å². The highest BCUT2D eigenvalue weighted by molar-refractivity contribution is 5.90. The van der Waals surface area contributed by atoms with E-state index in [0.717, 1.165) is 34.3 Å². The molecule has 2 N–H and O–H groups in total. The molecule has 0 unspecified atom stereocenters. The number of anilines is 1. The van der Waals surface area contributed by atoms with Gasteiger partial charge in [-0.3, -0.25) is 4.57 Å². The number of nitrogens with two attached hydrogens (primary N) is 1. The van der Waals surface area contributed by atoms with Crippen LogP contribution < -0.4 is 16.2 Å². The van der Waals surface area contributed by atoms with Crippen LogP contribution in [0.15, 0.2) is 41.2 Å². The molecule has 0 bridgehead atoms. The van der Waals surface area contributed by atoms with Crippen molar-refractivity contribution >= 4 is 16.7 Å². The lowest BCUT2D eigenvalue weighted by molar-refractivity contribution is 0.357. The minimum atomic E-state index is -0.340. The molecule has 5 heteroatoms. The Kier molecular flexibility index (Phi) is 2.74. The summed E-state index contributed by atoms with van der Waals surface area (Å²) >= 11 is 0. The molecule has 1 aliphatic carbocycles. The van der Waals surface area contributed by atoms with E-state index in [-0.39, 0.29) is 11.5 Å². The smallest absolute Gasteiger partial charge is 0.354 e. The Labute approximate surface area is 138 Å². The fraction of sp³-hybridized carbons (Fsp3) is 0.263. The van der Waals surface area contributed by atoms with Crippen LogP contribution in [0.2, 0.25) is 0 Å². The van der Waals surface area contributed by atoms with Gasteiger partial charge in [-0.25, -0.2) is 4.79 Å². The Balaban J connectivity index is 1.86. The monoisotopic (exact) mass is 319 g/mol. The zero-order valence-corrected chi connectivity index (χ0v) is 13.2. The second-order valence-corrected chi connectivity index (χ2v) is 6.52.